The molecule has 1 aromatic rings. The number of primary amides is 1. The van der Waals surface area contributed by atoms with Crippen LogP contribution in [0.3, 0.4) is 0 Å². The number of benzene rings is 1. The molecule has 0 atom stereocenters. The minimum Gasteiger partial charge on any atom is -0.446 e. The molecule has 10 heteroatoms. The molecule has 0 radical (unpaired) electrons. The van der Waals surface area contributed by atoms with Crippen LogP contribution in [0.2, 0.25) is 0 Å². The van der Waals surface area contributed by atoms with Crippen molar-refractivity contribution >= 4 is 85.6 Å². The third kappa shape index (κ3) is 3.76. The van der Waals surface area contributed by atoms with Crippen molar-refractivity contribution < 1.29 is 19.1 Å². The molecule has 0 aliphatic rings. The second-order valence-electron chi connectivity index (χ2n) is 3.61. The van der Waals surface area contributed by atoms with Crippen LogP contribution < -0.4 is 16.8 Å². The third-order valence-electron chi connectivity index (χ3n) is 2.44. The average Bonchev–Trinajstić information content (AvgIpc) is 2.37. The fourth-order valence-corrected chi connectivity index (χ4v) is 6.16. The maximum atomic E-state index is 12.0. The Morgan fingerprint density at radius 3 is 1.95 bits per heavy atom. The van der Waals surface area contributed by atoms with E-state index in [1.807, 2.05) is 67.8 Å². The highest BCUT2D eigenvalue weighted by Gasteiger charge is 2.29. The van der Waals surface area contributed by atoms with Crippen LogP contribution in [0, 0.1) is 10.7 Å². The number of hydrogen-bond acceptors (Lipinski definition) is 5. The lowest BCUT2D eigenvalue weighted by molar-refractivity contribution is 0.0513. The zero-order valence-corrected chi connectivity index (χ0v) is 17.1. The van der Waals surface area contributed by atoms with E-state index in [0.717, 1.165) is 0 Å². The van der Waals surface area contributed by atoms with Gasteiger partial charge in [0.15, 0.2) is 0 Å². The summed E-state index contributed by atoms with van der Waals surface area (Å²) >= 11 is 5.55. The van der Waals surface area contributed by atoms with Gasteiger partial charge in [-0.1, -0.05) is 0 Å². The minimum atomic E-state index is -0.729. The molecule has 0 aliphatic carbocycles. The van der Waals surface area contributed by atoms with Gasteiger partial charge in [-0.3, -0.25) is 15.3 Å². The maximum absolute atomic E-state index is 12.0. The number of nitrogens with two attached hydrogens (primary N) is 2. The Kier molecular flexibility index (Phi) is 7.05. The minimum absolute atomic E-state index is 0.106. The monoisotopic (exact) mass is 629 g/mol. The first-order valence-corrected chi connectivity index (χ1v) is 8.61. The number of amides is 2. The molecule has 0 bridgehead atoms. The van der Waals surface area contributed by atoms with Gasteiger partial charge in [-0.15, -0.1) is 0 Å². The molecule has 5 N–H and O–H groups in total. The van der Waals surface area contributed by atoms with Crippen molar-refractivity contribution in [3.8, 4) is 0 Å². The molecule has 0 saturated heterocycles. The Morgan fingerprint density at radius 1 is 1.05 bits per heavy atom. The summed E-state index contributed by atoms with van der Waals surface area (Å²) in [6.07, 6.45) is 0. The molecular weight excluding hydrogens is 619 g/mol. The standard InChI is InChI=1S/C11H10I3N3O4/c1-17-10(19)4-6(12)3(9(16)18)7(13)5(8(4)14)11(20)21-2-15/h2,15H2,1H3,(H2,16,18)(H,17,19). The van der Waals surface area contributed by atoms with Crippen molar-refractivity contribution in [3.63, 3.8) is 0 Å². The molecule has 0 spiro atoms. The van der Waals surface area contributed by atoms with E-state index in [0.29, 0.717) is 10.7 Å². The molecule has 0 fully saturated rings. The van der Waals surface area contributed by atoms with Crippen LogP contribution >= 0.6 is 67.8 Å². The number of ether oxygens (including phenoxy) is 1. The summed E-state index contributed by atoms with van der Waals surface area (Å²) in [5.41, 5.74) is 11.0. The van der Waals surface area contributed by atoms with Crippen LogP contribution in [-0.2, 0) is 4.74 Å². The van der Waals surface area contributed by atoms with Gasteiger partial charge in [0.1, 0.15) is 6.73 Å². The largest absolute Gasteiger partial charge is 0.446 e. The Bertz CT molecular complexity index is 634. The first-order valence-electron chi connectivity index (χ1n) is 5.37. The predicted molar refractivity (Wildman–Crippen MR) is 101 cm³/mol. The van der Waals surface area contributed by atoms with Gasteiger partial charge in [0.2, 0.25) is 0 Å². The highest BCUT2D eigenvalue weighted by atomic mass is 127. The molecule has 0 aliphatic heterocycles. The van der Waals surface area contributed by atoms with Crippen LogP contribution in [-0.4, -0.2) is 31.6 Å². The number of carbonyl (C=O) groups excluding carboxylic acids is 3. The first kappa shape index (κ1) is 18.8. The summed E-state index contributed by atoms with van der Waals surface area (Å²) in [6, 6.07) is 0. The van der Waals surface area contributed by atoms with E-state index >= 15 is 0 Å². The van der Waals surface area contributed by atoms with Gasteiger partial charge in [0, 0.05) is 17.8 Å². The average molecular weight is 629 g/mol. The van der Waals surface area contributed by atoms with E-state index in [9.17, 15) is 14.4 Å². The van der Waals surface area contributed by atoms with E-state index in [1.54, 1.807) is 0 Å². The highest BCUT2D eigenvalue weighted by Crippen LogP contribution is 2.32. The third-order valence-corrected chi connectivity index (χ3v) is 5.67. The van der Waals surface area contributed by atoms with Crippen molar-refractivity contribution in [1.29, 1.82) is 0 Å². The number of rotatable bonds is 4. The van der Waals surface area contributed by atoms with Crippen molar-refractivity contribution in [1.82, 2.24) is 5.32 Å². The lowest BCUT2D eigenvalue weighted by atomic mass is 10.0. The topological polar surface area (TPSA) is 125 Å². The van der Waals surface area contributed by atoms with E-state index < -0.39 is 17.8 Å². The second-order valence-corrected chi connectivity index (χ2v) is 6.85. The van der Waals surface area contributed by atoms with E-state index in [-0.39, 0.29) is 23.4 Å². The quantitative estimate of drug-likeness (QED) is 0.261. The van der Waals surface area contributed by atoms with E-state index in [1.165, 1.54) is 7.05 Å². The van der Waals surface area contributed by atoms with Gasteiger partial charge in [-0.25, -0.2) is 4.79 Å². The van der Waals surface area contributed by atoms with Crippen LogP contribution in [0.1, 0.15) is 31.1 Å². The van der Waals surface area contributed by atoms with Crippen molar-refractivity contribution in [2.45, 2.75) is 0 Å². The summed E-state index contributed by atoms with van der Waals surface area (Å²) in [4.78, 5) is 35.7. The van der Waals surface area contributed by atoms with Gasteiger partial charge in [-0.05, 0) is 67.8 Å². The molecule has 0 heterocycles. The molecule has 0 saturated carbocycles. The van der Waals surface area contributed by atoms with Gasteiger partial charge in [-0.2, -0.15) is 0 Å². The summed E-state index contributed by atoms with van der Waals surface area (Å²) < 4.78 is 5.87. The van der Waals surface area contributed by atoms with Crippen molar-refractivity contribution in [2.75, 3.05) is 13.8 Å². The fraction of sp³-hybridized carbons (Fsp3) is 0.182. The fourth-order valence-electron chi connectivity index (χ4n) is 1.53. The Labute approximate surface area is 161 Å². The van der Waals surface area contributed by atoms with Gasteiger partial charge >= 0.3 is 5.97 Å². The van der Waals surface area contributed by atoms with Gasteiger partial charge in [0.05, 0.1) is 16.7 Å². The number of nitrogens with one attached hydrogen (secondary N) is 1. The van der Waals surface area contributed by atoms with Crippen LogP contribution in [0.25, 0.3) is 0 Å². The molecule has 1 aromatic carbocycles. The highest BCUT2D eigenvalue weighted by molar-refractivity contribution is 14.1. The van der Waals surface area contributed by atoms with E-state index in [2.05, 4.69) is 5.32 Å². The summed E-state index contributed by atoms with van der Waals surface area (Å²) in [6.45, 7) is -0.307. The van der Waals surface area contributed by atoms with E-state index in [4.69, 9.17) is 16.2 Å². The molecular formula is C11H10I3N3O4. The SMILES string of the molecule is CNC(=O)c1c(I)c(C(N)=O)c(I)c(C(=O)OCN)c1I. The lowest BCUT2D eigenvalue weighted by Gasteiger charge is -2.16. The Morgan fingerprint density at radius 2 is 1.52 bits per heavy atom. The zero-order chi connectivity index (χ0) is 16.3. The molecule has 0 unspecified atom stereocenters. The van der Waals surface area contributed by atoms with Gasteiger partial charge in [0.25, 0.3) is 11.8 Å². The van der Waals surface area contributed by atoms with Crippen LogP contribution in [0.15, 0.2) is 0 Å². The van der Waals surface area contributed by atoms with Crippen molar-refractivity contribution in [2.24, 2.45) is 11.5 Å². The molecule has 114 valence electrons. The van der Waals surface area contributed by atoms with Crippen molar-refractivity contribution in [3.05, 3.63) is 27.4 Å². The van der Waals surface area contributed by atoms with Crippen LogP contribution in [0.5, 0.6) is 0 Å². The van der Waals surface area contributed by atoms with Crippen LogP contribution in [0.4, 0.5) is 0 Å². The Balaban J connectivity index is 3.80. The first-order chi connectivity index (χ1) is 9.77. The number of carbonyl (C=O) groups is 3. The lowest BCUT2D eigenvalue weighted by Crippen LogP contribution is -2.27. The molecule has 0 aromatic heterocycles. The summed E-state index contributed by atoms with van der Waals surface area (Å²) in [7, 11) is 1.45. The number of esters is 1. The smallest absolute Gasteiger partial charge is 0.341 e. The van der Waals surface area contributed by atoms with Gasteiger partial charge < -0.3 is 15.8 Å². The second kappa shape index (κ2) is 7.87. The normalized spacial score (nSPS) is 10.1. The molecule has 21 heavy (non-hydrogen) atoms. The molecule has 7 nitrogen and oxygen atoms in total. The zero-order valence-electron chi connectivity index (χ0n) is 10.6. The summed E-state index contributed by atoms with van der Waals surface area (Å²) in [5.74, 6) is -1.87. The number of halogens is 3. The molecule has 2 amide bonds. The number of hydrogen-bond donors (Lipinski definition) is 3. The predicted octanol–water partition coefficient (Wildman–Crippen LogP) is 1.03. The maximum Gasteiger partial charge on any atom is 0.341 e. The summed E-state index contributed by atoms with van der Waals surface area (Å²) in [5, 5.41) is 2.47. The molecule has 1 rings (SSSR count). The Hall–Kier alpha value is -0.220.